The molecule has 0 saturated heterocycles. The van der Waals surface area contributed by atoms with Crippen molar-refractivity contribution >= 4 is 17.5 Å². The van der Waals surface area contributed by atoms with Gasteiger partial charge < -0.3 is 4.74 Å². The van der Waals surface area contributed by atoms with Gasteiger partial charge in [0.2, 0.25) is 0 Å². The summed E-state index contributed by atoms with van der Waals surface area (Å²) in [6.45, 7) is 0. The summed E-state index contributed by atoms with van der Waals surface area (Å²) in [7, 11) is 1.56. The van der Waals surface area contributed by atoms with Gasteiger partial charge in [0.15, 0.2) is 0 Å². The topological polar surface area (TPSA) is 46.6 Å². The minimum Gasteiger partial charge on any atom is -0.497 e. The van der Waals surface area contributed by atoms with Crippen LogP contribution in [0.1, 0.15) is 0 Å². The van der Waals surface area contributed by atoms with E-state index >= 15 is 0 Å². The number of hydrogen-bond donors (Lipinski definition) is 0. The molecule has 83 valence electrons. The van der Waals surface area contributed by atoms with E-state index in [4.69, 9.17) is 4.74 Å². The number of benzene rings is 1. The number of carbonyl (C=O) groups excluding carboxylic acids is 2. The molecule has 0 N–H and O–H groups in total. The van der Waals surface area contributed by atoms with Crippen molar-refractivity contribution in [2.75, 3.05) is 12.0 Å². The Hall–Kier alpha value is -2.10. The Balaban J connectivity index is 0.00000128. The zero-order valence-electron chi connectivity index (χ0n) is 9.14. The van der Waals surface area contributed by atoms with Crippen LogP contribution in [-0.2, 0) is 9.59 Å². The van der Waals surface area contributed by atoms with E-state index < -0.39 is 0 Å². The van der Waals surface area contributed by atoms with Crippen LogP contribution >= 0.6 is 0 Å². The lowest BCUT2D eigenvalue weighted by Crippen LogP contribution is -2.29. The van der Waals surface area contributed by atoms with Gasteiger partial charge in [-0.3, -0.25) is 9.59 Å². The molecule has 0 saturated carbocycles. The van der Waals surface area contributed by atoms with E-state index in [2.05, 4.69) is 0 Å². The summed E-state index contributed by atoms with van der Waals surface area (Å²) in [4.78, 5) is 23.8. The summed E-state index contributed by atoms with van der Waals surface area (Å²) in [5.74, 6) is 0.0566. The maximum absolute atomic E-state index is 11.3. The van der Waals surface area contributed by atoms with E-state index in [-0.39, 0.29) is 19.2 Å². The summed E-state index contributed by atoms with van der Waals surface area (Å²) in [6.07, 6.45) is 2.51. The average molecular weight is 218 g/mol. The zero-order valence-corrected chi connectivity index (χ0v) is 9.14. The van der Waals surface area contributed by atoms with Crippen molar-refractivity contribution in [2.24, 2.45) is 0 Å². The smallest absolute Gasteiger partial charge is 0.258 e. The Kier molecular flexibility index (Phi) is 3.45. The maximum Gasteiger partial charge on any atom is 0.258 e. The second kappa shape index (κ2) is 4.61. The van der Waals surface area contributed by atoms with E-state index in [9.17, 15) is 9.59 Å². The lowest BCUT2D eigenvalue weighted by molar-refractivity contribution is -0.119. The van der Waals surface area contributed by atoms with Gasteiger partial charge in [0.05, 0.1) is 12.8 Å². The van der Waals surface area contributed by atoms with Gasteiger partial charge in [-0.2, -0.15) is 0 Å². The normalized spacial score (nSPS) is 13.9. The van der Waals surface area contributed by atoms with E-state index in [0.29, 0.717) is 11.4 Å². The molecule has 0 fully saturated rings. The van der Waals surface area contributed by atoms with Gasteiger partial charge in [-0.25, -0.2) is 4.90 Å². The molecule has 1 heterocycles. The molecule has 16 heavy (non-hydrogen) atoms. The highest BCUT2D eigenvalue weighted by Crippen LogP contribution is 2.21. The van der Waals surface area contributed by atoms with Gasteiger partial charge in [-0.05, 0) is 24.3 Å². The number of rotatable bonds is 2. The predicted octanol–water partition coefficient (Wildman–Crippen LogP) is 1.57. The average Bonchev–Trinajstić information content (AvgIpc) is 2.59. The summed E-state index contributed by atoms with van der Waals surface area (Å²) in [5.41, 5.74) is 0.552. The number of carbonyl (C=O) groups is 2. The summed E-state index contributed by atoms with van der Waals surface area (Å²) in [5, 5.41) is 0. The lowest BCUT2D eigenvalue weighted by atomic mass is 10.3. The van der Waals surface area contributed by atoms with Crippen molar-refractivity contribution in [2.45, 2.75) is 0 Å². The van der Waals surface area contributed by atoms with Gasteiger partial charge >= 0.3 is 0 Å². The Morgan fingerprint density at radius 1 is 1.00 bits per heavy atom. The minimum atomic E-state index is -0.315. The third kappa shape index (κ3) is 1.95. The highest BCUT2D eigenvalue weighted by Gasteiger charge is 2.24. The fraction of sp³-hybridized carbons (Fsp3) is 0.0833. The van der Waals surface area contributed by atoms with Gasteiger partial charge in [-0.1, -0.05) is 7.43 Å². The number of amides is 2. The van der Waals surface area contributed by atoms with Crippen LogP contribution in [0.2, 0.25) is 0 Å². The first-order valence-electron chi connectivity index (χ1n) is 4.42. The molecular weight excluding hydrogens is 206 g/mol. The lowest BCUT2D eigenvalue weighted by Gasteiger charge is -2.13. The molecule has 0 aliphatic carbocycles. The predicted molar refractivity (Wildman–Crippen MR) is 61.0 cm³/mol. The summed E-state index contributed by atoms with van der Waals surface area (Å²) >= 11 is 0. The van der Waals surface area contributed by atoms with Gasteiger partial charge in [0, 0.05) is 12.2 Å². The number of nitrogens with zero attached hydrogens (tertiary/aromatic N) is 1. The summed E-state index contributed by atoms with van der Waals surface area (Å²) < 4.78 is 4.98. The molecule has 1 aliphatic heterocycles. The second-order valence-corrected chi connectivity index (χ2v) is 3.04. The van der Waals surface area contributed by atoms with Crippen LogP contribution in [0, 0.1) is 7.43 Å². The van der Waals surface area contributed by atoms with Gasteiger partial charge in [0.1, 0.15) is 5.75 Å². The Morgan fingerprint density at radius 2 is 1.50 bits per heavy atom. The number of imide groups is 1. The van der Waals surface area contributed by atoms with Crippen molar-refractivity contribution in [1.82, 2.24) is 0 Å². The number of ether oxygens (including phenoxy) is 1. The first kappa shape index (κ1) is 12.0. The first-order chi connectivity index (χ1) is 7.22. The largest absolute Gasteiger partial charge is 0.497 e. The van der Waals surface area contributed by atoms with E-state index in [1.54, 1.807) is 31.4 Å². The molecule has 4 nitrogen and oxygen atoms in total. The molecule has 4 heteroatoms. The fourth-order valence-electron chi connectivity index (χ4n) is 1.39. The van der Waals surface area contributed by atoms with E-state index in [1.165, 1.54) is 12.2 Å². The minimum absolute atomic E-state index is 0. The maximum atomic E-state index is 11.3. The molecule has 1 aromatic rings. The van der Waals surface area contributed by atoms with Crippen LogP contribution in [0.25, 0.3) is 0 Å². The molecule has 0 bridgehead atoms. The van der Waals surface area contributed by atoms with E-state index in [0.717, 1.165) is 4.90 Å². The quantitative estimate of drug-likeness (QED) is 0.708. The van der Waals surface area contributed by atoms with Crippen molar-refractivity contribution in [3.05, 3.63) is 43.8 Å². The van der Waals surface area contributed by atoms with Crippen LogP contribution in [0.15, 0.2) is 36.4 Å². The molecule has 0 spiro atoms. The summed E-state index contributed by atoms with van der Waals surface area (Å²) in [6, 6.07) is 6.74. The molecule has 1 radical (unpaired) electrons. The molecule has 0 aromatic heterocycles. The molecule has 1 aliphatic rings. The van der Waals surface area contributed by atoms with E-state index in [1.807, 2.05) is 0 Å². The Labute approximate surface area is 94.1 Å². The monoisotopic (exact) mass is 218 g/mol. The van der Waals surface area contributed by atoms with Crippen molar-refractivity contribution < 1.29 is 14.3 Å². The number of anilines is 1. The number of hydrogen-bond acceptors (Lipinski definition) is 3. The zero-order chi connectivity index (χ0) is 10.8. The van der Waals surface area contributed by atoms with Gasteiger partial charge in [0.25, 0.3) is 11.8 Å². The Morgan fingerprint density at radius 3 is 1.94 bits per heavy atom. The number of methoxy groups -OCH3 is 1. The van der Waals surface area contributed by atoms with Crippen molar-refractivity contribution in [3.63, 3.8) is 0 Å². The molecule has 2 rings (SSSR count). The van der Waals surface area contributed by atoms with Crippen molar-refractivity contribution in [1.29, 1.82) is 0 Å². The molecular formula is C12H12NO3. The third-order valence-corrected chi connectivity index (χ3v) is 2.14. The highest BCUT2D eigenvalue weighted by atomic mass is 16.5. The van der Waals surface area contributed by atoms with Crippen LogP contribution in [0.4, 0.5) is 5.69 Å². The highest BCUT2D eigenvalue weighted by molar-refractivity contribution is 6.28. The van der Waals surface area contributed by atoms with Crippen LogP contribution in [0.5, 0.6) is 5.75 Å². The molecule has 2 amide bonds. The fourth-order valence-corrected chi connectivity index (χ4v) is 1.39. The third-order valence-electron chi connectivity index (χ3n) is 2.14. The molecule has 1 aromatic carbocycles. The Bertz CT molecular complexity index is 416. The first-order valence-corrected chi connectivity index (χ1v) is 4.42. The second-order valence-electron chi connectivity index (χ2n) is 3.04. The standard InChI is InChI=1S/C11H9NO3.CH3/c1-15-9-4-2-8(3-5-9)12-10(13)6-7-11(12)14;/h2-7H,1H3;1H3. The SMILES string of the molecule is COc1ccc(N2C(=O)C=CC2=O)cc1.[CH3]. The molecule has 0 atom stereocenters. The molecule has 0 unspecified atom stereocenters. The van der Waals surface area contributed by atoms with Gasteiger partial charge in [-0.15, -0.1) is 0 Å². The van der Waals surface area contributed by atoms with Crippen LogP contribution < -0.4 is 9.64 Å². The van der Waals surface area contributed by atoms with Crippen LogP contribution in [-0.4, -0.2) is 18.9 Å². The van der Waals surface area contributed by atoms with Crippen LogP contribution in [0.3, 0.4) is 0 Å². The van der Waals surface area contributed by atoms with Crippen molar-refractivity contribution in [3.8, 4) is 5.75 Å².